The molecule has 2 amide bonds. The van der Waals surface area contributed by atoms with Crippen molar-refractivity contribution in [1.82, 2.24) is 4.90 Å². The maximum atomic E-state index is 12.3. The number of carbonyl (C=O) groups excluding carboxylic acids is 3. The predicted molar refractivity (Wildman–Crippen MR) is 92.8 cm³/mol. The summed E-state index contributed by atoms with van der Waals surface area (Å²) in [5, 5.41) is 0.109. The van der Waals surface area contributed by atoms with E-state index in [0.29, 0.717) is 11.6 Å². The highest BCUT2D eigenvalue weighted by Crippen LogP contribution is 2.32. The fourth-order valence-corrected chi connectivity index (χ4v) is 2.85. The van der Waals surface area contributed by atoms with Gasteiger partial charge in [0.25, 0.3) is 11.1 Å². The summed E-state index contributed by atoms with van der Waals surface area (Å²) in [6.45, 7) is 0.535. The molecule has 0 aliphatic carbocycles. The Kier molecular flexibility index (Phi) is 6.42. The number of hydrogen-bond acceptors (Lipinski definition) is 5. The number of nitrogens with one attached hydrogen (secondary N) is 1. The second-order valence-corrected chi connectivity index (χ2v) is 6.93. The van der Waals surface area contributed by atoms with Gasteiger partial charge in [-0.3, -0.25) is 19.3 Å². The average molecular weight is 370 g/mol. The van der Waals surface area contributed by atoms with Crippen molar-refractivity contribution in [2.45, 2.75) is 0 Å². The Morgan fingerprint density at radius 2 is 1.96 bits per heavy atom. The molecule has 24 heavy (non-hydrogen) atoms. The molecule has 8 heteroatoms. The van der Waals surface area contributed by atoms with E-state index in [1.165, 1.54) is 0 Å². The molecule has 6 nitrogen and oxygen atoms in total. The van der Waals surface area contributed by atoms with Crippen molar-refractivity contribution >= 4 is 46.6 Å². The lowest BCUT2D eigenvalue weighted by Crippen LogP contribution is -3.06. The Morgan fingerprint density at radius 3 is 2.58 bits per heavy atom. The molecule has 1 aromatic carbocycles. The van der Waals surface area contributed by atoms with Crippen LogP contribution in [-0.2, 0) is 14.3 Å². The van der Waals surface area contributed by atoms with Crippen LogP contribution in [0.3, 0.4) is 0 Å². The van der Waals surface area contributed by atoms with E-state index < -0.39 is 17.1 Å². The quantitative estimate of drug-likeness (QED) is 0.600. The van der Waals surface area contributed by atoms with Gasteiger partial charge >= 0.3 is 5.97 Å². The molecule has 0 spiro atoms. The van der Waals surface area contributed by atoms with Crippen LogP contribution in [0.15, 0.2) is 29.2 Å². The van der Waals surface area contributed by atoms with Crippen LogP contribution in [0.25, 0.3) is 6.08 Å². The molecule has 1 aromatic rings. The maximum absolute atomic E-state index is 12.3. The van der Waals surface area contributed by atoms with Crippen molar-refractivity contribution in [3.63, 3.8) is 0 Å². The number of thioether (sulfide) groups is 1. The zero-order valence-corrected chi connectivity index (χ0v) is 14.9. The lowest BCUT2D eigenvalue weighted by atomic mass is 10.2. The highest BCUT2D eigenvalue weighted by molar-refractivity contribution is 8.18. The van der Waals surface area contributed by atoms with Gasteiger partial charge in [-0.25, -0.2) is 0 Å². The van der Waals surface area contributed by atoms with Crippen LogP contribution in [-0.4, -0.2) is 55.8 Å². The SMILES string of the molecule is C[NH+](C)CCOC(=O)CN1C(=O)S/C(=C/c2ccc(Cl)cc2)C1=O. The molecule has 1 N–H and O–H groups in total. The second kappa shape index (κ2) is 8.32. The highest BCUT2D eigenvalue weighted by atomic mass is 35.5. The summed E-state index contributed by atoms with van der Waals surface area (Å²) in [6.07, 6.45) is 1.60. The van der Waals surface area contributed by atoms with Gasteiger partial charge in [-0.1, -0.05) is 23.7 Å². The molecular formula is C16H18ClN2O4S+. The fourth-order valence-electron chi connectivity index (χ4n) is 1.89. The van der Waals surface area contributed by atoms with Crippen molar-refractivity contribution in [1.29, 1.82) is 0 Å². The summed E-state index contributed by atoms with van der Waals surface area (Å²) in [5.74, 6) is -1.08. The van der Waals surface area contributed by atoms with Crippen molar-refractivity contribution in [3.8, 4) is 0 Å². The predicted octanol–water partition coefficient (Wildman–Crippen LogP) is 1.06. The first-order valence-electron chi connectivity index (χ1n) is 7.32. The molecule has 0 bridgehead atoms. The highest BCUT2D eigenvalue weighted by Gasteiger charge is 2.36. The van der Waals surface area contributed by atoms with Crippen molar-refractivity contribution in [2.75, 3.05) is 33.8 Å². The minimum Gasteiger partial charge on any atom is -0.458 e. The summed E-state index contributed by atoms with van der Waals surface area (Å²) < 4.78 is 5.03. The number of ether oxygens (including phenoxy) is 1. The summed E-state index contributed by atoms with van der Waals surface area (Å²) >= 11 is 6.62. The number of carbonyl (C=O) groups is 3. The molecular weight excluding hydrogens is 352 g/mol. The molecule has 1 aliphatic rings. The zero-order chi connectivity index (χ0) is 17.7. The van der Waals surface area contributed by atoms with Crippen LogP contribution in [0.4, 0.5) is 4.79 Å². The zero-order valence-electron chi connectivity index (χ0n) is 13.4. The molecule has 0 radical (unpaired) electrons. The van der Waals surface area contributed by atoms with Gasteiger partial charge in [-0.15, -0.1) is 0 Å². The molecule has 0 atom stereocenters. The third kappa shape index (κ3) is 5.09. The van der Waals surface area contributed by atoms with Crippen LogP contribution in [0.1, 0.15) is 5.56 Å². The Hall–Kier alpha value is -1.83. The number of halogens is 1. The van der Waals surface area contributed by atoms with E-state index >= 15 is 0 Å². The molecule has 1 saturated heterocycles. The van der Waals surface area contributed by atoms with Crippen LogP contribution in [0.2, 0.25) is 5.02 Å². The number of rotatable bonds is 6. The van der Waals surface area contributed by atoms with Gasteiger partial charge in [-0.2, -0.15) is 0 Å². The Morgan fingerprint density at radius 1 is 1.29 bits per heavy atom. The summed E-state index contributed by atoms with van der Waals surface area (Å²) in [4.78, 5) is 38.3. The second-order valence-electron chi connectivity index (χ2n) is 5.50. The maximum Gasteiger partial charge on any atom is 0.326 e. The molecule has 0 aromatic heterocycles. The number of amides is 2. The number of likely N-dealkylation sites (N-methyl/N-ethyl adjacent to an activating group) is 1. The number of benzene rings is 1. The fraction of sp³-hybridized carbons (Fsp3) is 0.312. The molecule has 1 heterocycles. The van der Waals surface area contributed by atoms with Crippen molar-refractivity contribution in [2.24, 2.45) is 0 Å². The number of esters is 1. The molecule has 128 valence electrons. The van der Waals surface area contributed by atoms with E-state index in [9.17, 15) is 14.4 Å². The first-order chi connectivity index (χ1) is 11.4. The minimum atomic E-state index is -0.591. The standard InChI is InChI=1S/C16H17ClN2O4S/c1-18(2)7-8-23-14(20)10-19-15(21)13(24-16(19)22)9-11-3-5-12(17)6-4-11/h3-6,9H,7-8,10H2,1-2H3/p+1/b13-9+. The molecule has 1 aliphatic heterocycles. The van der Waals surface area contributed by atoms with Gasteiger partial charge in [0.05, 0.1) is 19.0 Å². The normalized spacial score (nSPS) is 16.3. The van der Waals surface area contributed by atoms with Gasteiger partial charge in [0, 0.05) is 5.02 Å². The number of imide groups is 1. The summed E-state index contributed by atoms with van der Waals surface area (Å²) in [5.41, 5.74) is 0.751. The number of hydrogen-bond donors (Lipinski definition) is 1. The number of nitrogens with zero attached hydrogens (tertiary/aromatic N) is 1. The van der Waals surface area contributed by atoms with Crippen LogP contribution in [0.5, 0.6) is 0 Å². The minimum absolute atomic E-state index is 0.248. The van der Waals surface area contributed by atoms with E-state index in [4.69, 9.17) is 16.3 Å². The van der Waals surface area contributed by atoms with Crippen LogP contribution < -0.4 is 4.90 Å². The van der Waals surface area contributed by atoms with Crippen LogP contribution in [0, 0.1) is 0 Å². The van der Waals surface area contributed by atoms with Gasteiger partial charge < -0.3 is 9.64 Å². The van der Waals surface area contributed by atoms with Gasteiger partial charge in [0.1, 0.15) is 19.7 Å². The van der Waals surface area contributed by atoms with E-state index in [1.807, 2.05) is 14.1 Å². The molecule has 2 rings (SSSR count). The lowest BCUT2D eigenvalue weighted by molar-refractivity contribution is -0.858. The molecule has 1 fully saturated rings. The summed E-state index contributed by atoms with van der Waals surface area (Å²) in [6, 6.07) is 6.88. The lowest BCUT2D eigenvalue weighted by Gasteiger charge is -2.12. The van der Waals surface area contributed by atoms with Gasteiger partial charge in [0.2, 0.25) is 0 Å². The third-order valence-corrected chi connectivity index (χ3v) is 4.35. The van der Waals surface area contributed by atoms with E-state index in [0.717, 1.165) is 27.1 Å². The van der Waals surface area contributed by atoms with Crippen molar-refractivity contribution in [3.05, 3.63) is 39.8 Å². The Balaban J connectivity index is 1.98. The van der Waals surface area contributed by atoms with Gasteiger partial charge in [0.15, 0.2) is 0 Å². The van der Waals surface area contributed by atoms with E-state index in [1.54, 1.807) is 30.3 Å². The monoisotopic (exact) mass is 369 g/mol. The van der Waals surface area contributed by atoms with E-state index in [-0.39, 0.29) is 18.1 Å². The summed E-state index contributed by atoms with van der Waals surface area (Å²) in [7, 11) is 3.87. The molecule has 0 unspecified atom stereocenters. The van der Waals surface area contributed by atoms with Crippen molar-refractivity contribution < 1.29 is 24.0 Å². The average Bonchev–Trinajstić information content (AvgIpc) is 2.77. The Bertz CT molecular complexity index is 673. The number of quaternary nitrogens is 1. The first-order valence-corrected chi connectivity index (χ1v) is 8.52. The van der Waals surface area contributed by atoms with Crippen LogP contribution >= 0.6 is 23.4 Å². The molecule has 0 saturated carbocycles. The first kappa shape index (κ1) is 18.5. The Labute approximate surface area is 149 Å². The largest absolute Gasteiger partial charge is 0.458 e. The van der Waals surface area contributed by atoms with Gasteiger partial charge in [-0.05, 0) is 35.5 Å². The topological polar surface area (TPSA) is 68.1 Å². The smallest absolute Gasteiger partial charge is 0.326 e. The third-order valence-electron chi connectivity index (χ3n) is 3.19. The van der Waals surface area contributed by atoms with E-state index in [2.05, 4.69) is 0 Å².